The molecule has 2 aromatic rings. The summed E-state index contributed by atoms with van der Waals surface area (Å²) in [4.78, 5) is 12.2. The van der Waals surface area contributed by atoms with Gasteiger partial charge in [-0.15, -0.1) is 0 Å². The zero-order valence-corrected chi connectivity index (χ0v) is 12.5. The molecule has 1 atom stereocenters. The molecule has 2 aromatic carbocycles. The largest absolute Gasteiger partial charge is 0.497 e. The van der Waals surface area contributed by atoms with Gasteiger partial charge in [-0.2, -0.15) is 0 Å². The number of carbonyl (C=O) groups is 1. The van der Waals surface area contributed by atoms with Crippen molar-refractivity contribution in [1.29, 1.82) is 0 Å². The van der Waals surface area contributed by atoms with Gasteiger partial charge in [0.1, 0.15) is 5.75 Å². The molecule has 4 nitrogen and oxygen atoms in total. The maximum atomic E-state index is 12.2. The molecule has 0 saturated carbocycles. The molecule has 0 saturated heterocycles. The van der Waals surface area contributed by atoms with Gasteiger partial charge in [-0.1, -0.05) is 12.1 Å². The van der Waals surface area contributed by atoms with E-state index in [1.807, 2.05) is 38.1 Å². The summed E-state index contributed by atoms with van der Waals surface area (Å²) in [5.41, 5.74) is 8.99. The minimum absolute atomic E-state index is 0.0822. The van der Waals surface area contributed by atoms with Crippen molar-refractivity contribution in [3.63, 3.8) is 0 Å². The smallest absolute Gasteiger partial charge is 0.251 e. The molecule has 0 bridgehead atoms. The van der Waals surface area contributed by atoms with Crippen LogP contribution < -0.4 is 15.8 Å². The predicted octanol–water partition coefficient (Wildman–Crippen LogP) is 3.08. The lowest BCUT2D eigenvalue weighted by atomic mass is 10.1. The Morgan fingerprint density at radius 2 is 1.86 bits per heavy atom. The summed E-state index contributed by atoms with van der Waals surface area (Å²) in [6, 6.07) is 12.8. The van der Waals surface area contributed by atoms with Crippen LogP contribution in [0, 0.1) is 6.92 Å². The fraction of sp³-hybridized carbons (Fsp3) is 0.235. The van der Waals surface area contributed by atoms with Crippen LogP contribution in [0.25, 0.3) is 0 Å². The number of ether oxygens (including phenoxy) is 1. The number of carbonyl (C=O) groups excluding carboxylic acids is 1. The summed E-state index contributed by atoms with van der Waals surface area (Å²) in [5, 5.41) is 2.98. The van der Waals surface area contributed by atoms with Crippen molar-refractivity contribution < 1.29 is 9.53 Å². The summed E-state index contributed by atoms with van der Waals surface area (Å²) < 4.78 is 5.12. The van der Waals surface area contributed by atoms with Gasteiger partial charge in [-0.25, -0.2) is 0 Å². The van der Waals surface area contributed by atoms with Crippen molar-refractivity contribution in [3.8, 4) is 5.75 Å². The highest BCUT2D eigenvalue weighted by Crippen LogP contribution is 2.18. The molecule has 3 N–H and O–H groups in total. The SMILES string of the molecule is COc1ccc(C(C)NC(=O)c2ccc(N)c(C)c2)cc1. The van der Waals surface area contributed by atoms with Crippen molar-refractivity contribution >= 4 is 11.6 Å². The molecule has 0 fully saturated rings. The number of hydrogen-bond donors (Lipinski definition) is 2. The summed E-state index contributed by atoms with van der Waals surface area (Å²) in [5.74, 6) is 0.688. The lowest BCUT2D eigenvalue weighted by Crippen LogP contribution is -2.26. The van der Waals surface area contributed by atoms with E-state index in [0.717, 1.165) is 16.9 Å². The van der Waals surface area contributed by atoms with Gasteiger partial charge in [-0.3, -0.25) is 4.79 Å². The maximum absolute atomic E-state index is 12.2. The Kier molecular flexibility index (Phi) is 4.48. The van der Waals surface area contributed by atoms with Crippen LogP contribution in [0.15, 0.2) is 42.5 Å². The van der Waals surface area contributed by atoms with E-state index in [1.54, 1.807) is 25.3 Å². The lowest BCUT2D eigenvalue weighted by molar-refractivity contribution is 0.0940. The first-order valence-electron chi connectivity index (χ1n) is 6.82. The number of nitrogens with two attached hydrogens (primary N) is 1. The summed E-state index contributed by atoms with van der Waals surface area (Å²) in [6.07, 6.45) is 0. The molecule has 0 radical (unpaired) electrons. The lowest BCUT2D eigenvalue weighted by Gasteiger charge is -2.15. The Morgan fingerprint density at radius 1 is 1.19 bits per heavy atom. The van der Waals surface area contributed by atoms with Gasteiger partial charge in [-0.05, 0) is 55.3 Å². The highest BCUT2D eigenvalue weighted by molar-refractivity contribution is 5.95. The molecular weight excluding hydrogens is 264 g/mol. The first kappa shape index (κ1) is 14.9. The van der Waals surface area contributed by atoms with Crippen molar-refractivity contribution in [2.75, 3.05) is 12.8 Å². The van der Waals surface area contributed by atoms with Crippen molar-refractivity contribution in [2.24, 2.45) is 0 Å². The van der Waals surface area contributed by atoms with Crippen LogP contribution in [0.5, 0.6) is 5.75 Å². The first-order valence-corrected chi connectivity index (χ1v) is 6.82. The number of hydrogen-bond acceptors (Lipinski definition) is 3. The van der Waals surface area contributed by atoms with Crippen LogP contribution in [0.1, 0.15) is 34.5 Å². The van der Waals surface area contributed by atoms with E-state index in [2.05, 4.69) is 5.32 Å². The van der Waals surface area contributed by atoms with E-state index >= 15 is 0 Å². The molecule has 1 amide bonds. The van der Waals surface area contributed by atoms with Gasteiger partial charge in [0.25, 0.3) is 5.91 Å². The number of methoxy groups -OCH3 is 1. The predicted molar refractivity (Wildman–Crippen MR) is 84.5 cm³/mol. The number of amides is 1. The van der Waals surface area contributed by atoms with Gasteiger partial charge in [0.2, 0.25) is 0 Å². The minimum atomic E-state index is -0.110. The summed E-state index contributed by atoms with van der Waals surface area (Å²) in [6.45, 7) is 3.84. The van der Waals surface area contributed by atoms with Crippen LogP contribution in [0.4, 0.5) is 5.69 Å². The van der Waals surface area contributed by atoms with Crippen LogP contribution >= 0.6 is 0 Å². The summed E-state index contributed by atoms with van der Waals surface area (Å²) >= 11 is 0. The quantitative estimate of drug-likeness (QED) is 0.848. The van der Waals surface area contributed by atoms with E-state index in [9.17, 15) is 4.79 Å². The van der Waals surface area contributed by atoms with E-state index < -0.39 is 0 Å². The number of rotatable bonds is 4. The van der Waals surface area contributed by atoms with Gasteiger partial charge in [0.15, 0.2) is 0 Å². The van der Waals surface area contributed by atoms with E-state index in [1.165, 1.54) is 0 Å². The number of nitrogen functional groups attached to an aromatic ring is 1. The fourth-order valence-electron chi connectivity index (χ4n) is 2.07. The Labute approximate surface area is 124 Å². The van der Waals surface area contributed by atoms with Crippen LogP contribution in [0.3, 0.4) is 0 Å². The Bertz CT molecular complexity index is 636. The number of benzene rings is 2. The number of aryl methyl sites for hydroxylation is 1. The average molecular weight is 284 g/mol. The van der Waals surface area contributed by atoms with E-state index in [0.29, 0.717) is 11.3 Å². The molecule has 0 spiro atoms. The Hall–Kier alpha value is -2.49. The van der Waals surface area contributed by atoms with Crippen LogP contribution in [0.2, 0.25) is 0 Å². The van der Waals surface area contributed by atoms with Gasteiger partial charge in [0.05, 0.1) is 13.2 Å². The second kappa shape index (κ2) is 6.31. The molecule has 21 heavy (non-hydrogen) atoms. The second-order valence-electron chi connectivity index (χ2n) is 5.04. The van der Waals surface area contributed by atoms with E-state index in [4.69, 9.17) is 10.5 Å². The van der Waals surface area contributed by atoms with Crippen LogP contribution in [-0.2, 0) is 0 Å². The average Bonchev–Trinajstić information content (AvgIpc) is 2.50. The standard InChI is InChI=1S/C17H20N2O2/c1-11-10-14(6-9-16(11)18)17(20)19-12(2)13-4-7-15(21-3)8-5-13/h4-10,12H,18H2,1-3H3,(H,19,20). The van der Waals surface area contributed by atoms with Gasteiger partial charge in [0, 0.05) is 11.3 Å². The van der Waals surface area contributed by atoms with Crippen molar-refractivity contribution in [3.05, 3.63) is 59.2 Å². The molecule has 1 unspecified atom stereocenters. The summed E-state index contributed by atoms with van der Waals surface area (Å²) in [7, 11) is 1.63. The van der Waals surface area contributed by atoms with Gasteiger partial charge >= 0.3 is 0 Å². The monoisotopic (exact) mass is 284 g/mol. The Balaban J connectivity index is 2.08. The Morgan fingerprint density at radius 3 is 2.43 bits per heavy atom. The highest BCUT2D eigenvalue weighted by Gasteiger charge is 2.12. The maximum Gasteiger partial charge on any atom is 0.251 e. The van der Waals surface area contributed by atoms with Crippen molar-refractivity contribution in [2.45, 2.75) is 19.9 Å². The topological polar surface area (TPSA) is 64.3 Å². The number of nitrogens with one attached hydrogen (secondary N) is 1. The van der Waals surface area contributed by atoms with Crippen LogP contribution in [-0.4, -0.2) is 13.0 Å². The molecule has 4 heteroatoms. The molecular formula is C17H20N2O2. The second-order valence-corrected chi connectivity index (χ2v) is 5.04. The third-order valence-electron chi connectivity index (χ3n) is 3.50. The first-order chi connectivity index (χ1) is 10.0. The van der Waals surface area contributed by atoms with E-state index in [-0.39, 0.29) is 11.9 Å². The zero-order valence-electron chi connectivity index (χ0n) is 12.5. The molecule has 0 aliphatic heterocycles. The van der Waals surface area contributed by atoms with Gasteiger partial charge < -0.3 is 15.8 Å². The normalized spacial score (nSPS) is 11.8. The fourth-order valence-corrected chi connectivity index (χ4v) is 2.07. The number of anilines is 1. The molecule has 0 aliphatic carbocycles. The minimum Gasteiger partial charge on any atom is -0.497 e. The molecule has 0 aromatic heterocycles. The molecule has 0 aliphatic rings. The molecule has 110 valence electrons. The zero-order chi connectivity index (χ0) is 15.4. The molecule has 0 heterocycles. The third-order valence-corrected chi connectivity index (χ3v) is 3.50. The van der Waals surface area contributed by atoms with Crippen molar-refractivity contribution in [1.82, 2.24) is 5.32 Å². The highest BCUT2D eigenvalue weighted by atomic mass is 16.5. The molecule has 2 rings (SSSR count). The third kappa shape index (κ3) is 3.54.